The van der Waals surface area contributed by atoms with Crippen molar-refractivity contribution in [1.29, 1.82) is 0 Å². The lowest BCUT2D eigenvalue weighted by molar-refractivity contribution is -0.148. The van der Waals surface area contributed by atoms with Gasteiger partial charge in [0.25, 0.3) is 0 Å². The molecule has 7 heteroatoms. The molecule has 4 heterocycles. The van der Waals surface area contributed by atoms with Gasteiger partial charge in [0.15, 0.2) is 0 Å². The van der Waals surface area contributed by atoms with Crippen LogP contribution in [0, 0.1) is 5.41 Å². The molecule has 6 rings (SSSR count). The maximum Gasteiger partial charge on any atom is 0.229 e. The number of para-hydroxylation sites is 2. The van der Waals surface area contributed by atoms with Crippen LogP contribution < -0.4 is 4.90 Å². The third-order valence-corrected chi connectivity index (χ3v) is 7.35. The van der Waals surface area contributed by atoms with Crippen molar-refractivity contribution in [3.05, 3.63) is 72.8 Å². The average Bonchev–Trinajstić information content (AvgIpc) is 3.42. The summed E-state index contributed by atoms with van der Waals surface area (Å²) in [6.45, 7) is 3.01. The van der Waals surface area contributed by atoms with Crippen molar-refractivity contribution >= 4 is 22.8 Å². The van der Waals surface area contributed by atoms with Crippen LogP contribution in [0.1, 0.15) is 31.2 Å². The van der Waals surface area contributed by atoms with E-state index in [0.717, 1.165) is 73.3 Å². The molecule has 2 fully saturated rings. The zero-order valence-corrected chi connectivity index (χ0v) is 19.1. The van der Waals surface area contributed by atoms with Crippen molar-refractivity contribution < 1.29 is 9.21 Å². The smallest absolute Gasteiger partial charge is 0.229 e. The highest BCUT2D eigenvalue weighted by Crippen LogP contribution is 2.42. The molecule has 2 aromatic heterocycles. The van der Waals surface area contributed by atoms with Crippen LogP contribution in [-0.2, 0) is 11.3 Å². The molecule has 0 atom stereocenters. The molecule has 172 valence electrons. The topological polar surface area (TPSA) is 75.4 Å². The van der Waals surface area contributed by atoms with E-state index < -0.39 is 0 Å². The number of piperidine rings is 2. The molecule has 1 amide bonds. The second kappa shape index (κ2) is 8.56. The van der Waals surface area contributed by atoms with Crippen LogP contribution in [0.3, 0.4) is 0 Å². The number of hydrogen-bond acceptors (Lipinski definition) is 6. The van der Waals surface area contributed by atoms with Crippen LogP contribution in [0.2, 0.25) is 0 Å². The summed E-state index contributed by atoms with van der Waals surface area (Å²) in [6.07, 6.45) is 8.77. The van der Waals surface area contributed by atoms with Crippen molar-refractivity contribution in [3.8, 4) is 11.5 Å². The van der Waals surface area contributed by atoms with Gasteiger partial charge in [0.2, 0.25) is 11.8 Å². The molecule has 34 heavy (non-hydrogen) atoms. The van der Waals surface area contributed by atoms with Gasteiger partial charge in [-0.25, -0.2) is 9.97 Å². The van der Waals surface area contributed by atoms with Crippen molar-refractivity contribution in [2.45, 2.75) is 32.2 Å². The molecule has 4 aromatic rings. The Bertz CT molecular complexity index is 1310. The highest BCUT2D eigenvalue weighted by Gasteiger charge is 2.45. The fourth-order valence-electron chi connectivity index (χ4n) is 5.46. The number of amides is 1. The molecule has 2 aliphatic heterocycles. The average molecular weight is 454 g/mol. The molecule has 0 N–H and O–H groups in total. The highest BCUT2D eigenvalue weighted by atomic mass is 16.3. The van der Waals surface area contributed by atoms with Crippen LogP contribution in [0.4, 0.5) is 5.82 Å². The van der Waals surface area contributed by atoms with E-state index in [1.807, 2.05) is 53.6 Å². The largest absolute Gasteiger partial charge is 0.445 e. The number of hydrogen-bond donors (Lipinski definition) is 0. The summed E-state index contributed by atoms with van der Waals surface area (Å²) in [6, 6.07) is 16.0. The molecule has 0 aliphatic carbocycles. The Labute approximate surface area is 198 Å². The number of rotatable bonds is 4. The summed E-state index contributed by atoms with van der Waals surface area (Å²) < 4.78 is 5.54. The second-order valence-corrected chi connectivity index (χ2v) is 9.31. The third kappa shape index (κ3) is 3.71. The quantitative estimate of drug-likeness (QED) is 0.446. The van der Waals surface area contributed by atoms with E-state index in [9.17, 15) is 4.79 Å². The lowest BCUT2D eigenvalue weighted by Gasteiger charge is -2.46. The Morgan fingerprint density at radius 2 is 1.71 bits per heavy atom. The van der Waals surface area contributed by atoms with Gasteiger partial charge in [-0.15, -0.1) is 0 Å². The van der Waals surface area contributed by atoms with Gasteiger partial charge in [0, 0.05) is 31.7 Å². The normalized spacial score (nSPS) is 18.1. The van der Waals surface area contributed by atoms with E-state index in [0.29, 0.717) is 12.4 Å². The summed E-state index contributed by atoms with van der Waals surface area (Å²) in [5.74, 6) is 1.78. The highest BCUT2D eigenvalue weighted by molar-refractivity contribution is 5.84. The monoisotopic (exact) mass is 453 g/mol. The van der Waals surface area contributed by atoms with Crippen LogP contribution in [0.25, 0.3) is 22.5 Å². The summed E-state index contributed by atoms with van der Waals surface area (Å²) in [5.41, 5.74) is 3.55. The van der Waals surface area contributed by atoms with Crippen LogP contribution in [0.15, 0.2) is 71.6 Å². The zero-order chi connectivity index (χ0) is 23.0. The lowest BCUT2D eigenvalue weighted by atomic mass is 9.71. The Kier molecular flexibility index (Phi) is 5.24. The number of carbonyl (C=O) groups is 1. The molecule has 2 saturated heterocycles. The Balaban J connectivity index is 1.18. The first-order chi connectivity index (χ1) is 16.7. The number of oxazole rings is 1. The molecule has 2 aromatic carbocycles. The van der Waals surface area contributed by atoms with Gasteiger partial charge >= 0.3 is 0 Å². The van der Waals surface area contributed by atoms with Crippen molar-refractivity contribution in [2.75, 3.05) is 24.5 Å². The SMILES string of the molecule is O=C1N(Cc2ccccc2-c2ncco2)CCCC12CCN(c1cnc3ccccc3n1)CC2. The maximum absolute atomic E-state index is 13.8. The minimum absolute atomic E-state index is 0.281. The first-order valence-corrected chi connectivity index (χ1v) is 12.0. The Morgan fingerprint density at radius 1 is 0.912 bits per heavy atom. The van der Waals surface area contributed by atoms with Crippen molar-refractivity contribution in [2.24, 2.45) is 5.41 Å². The van der Waals surface area contributed by atoms with Crippen molar-refractivity contribution in [3.63, 3.8) is 0 Å². The number of benzene rings is 2. The standard InChI is InChI=1S/C27H27N5O2/c33-26-27(11-15-31(16-12-27)24-18-29-22-8-3-4-9-23(22)30-24)10-5-14-32(26)19-20-6-1-2-7-21(20)25-28-13-17-34-25/h1-4,6-9,13,17-18H,5,10-12,14-16,19H2. The molecule has 0 saturated carbocycles. The maximum atomic E-state index is 13.8. The summed E-state index contributed by atoms with van der Waals surface area (Å²) in [4.78, 5) is 31.8. The van der Waals surface area contributed by atoms with Crippen LogP contribution >= 0.6 is 0 Å². The van der Waals surface area contributed by atoms with E-state index in [4.69, 9.17) is 9.40 Å². The predicted octanol–water partition coefficient (Wildman–Crippen LogP) is 4.69. The molecule has 1 spiro atoms. The number of anilines is 1. The van der Waals surface area contributed by atoms with E-state index in [1.165, 1.54) is 0 Å². The number of likely N-dealkylation sites (tertiary alicyclic amines) is 1. The predicted molar refractivity (Wildman–Crippen MR) is 130 cm³/mol. The fourth-order valence-corrected chi connectivity index (χ4v) is 5.46. The van der Waals surface area contributed by atoms with Gasteiger partial charge in [-0.1, -0.05) is 30.3 Å². The van der Waals surface area contributed by atoms with Gasteiger partial charge < -0.3 is 14.2 Å². The Morgan fingerprint density at radius 3 is 2.53 bits per heavy atom. The second-order valence-electron chi connectivity index (χ2n) is 9.31. The minimum Gasteiger partial charge on any atom is -0.445 e. The summed E-state index contributed by atoms with van der Waals surface area (Å²) >= 11 is 0. The molecule has 0 radical (unpaired) electrons. The van der Waals surface area contributed by atoms with Gasteiger partial charge in [-0.3, -0.25) is 9.78 Å². The van der Waals surface area contributed by atoms with Crippen LogP contribution in [0.5, 0.6) is 0 Å². The van der Waals surface area contributed by atoms with Crippen molar-refractivity contribution in [1.82, 2.24) is 19.9 Å². The number of aromatic nitrogens is 3. The van der Waals surface area contributed by atoms with Gasteiger partial charge in [0.05, 0.1) is 28.8 Å². The number of fused-ring (bicyclic) bond motifs is 1. The molecular formula is C27H27N5O2. The molecule has 0 unspecified atom stereocenters. The van der Waals surface area contributed by atoms with E-state index in [-0.39, 0.29) is 11.3 Å². The number of nitrogens with zero attached hydrogens (tertiary/aromatic N) is 5. The van der Waals surface area contributed by atoms with Gasteiger partial charge in [-0.05, 0) is 49.4 Å². The zero-order valence-electron chi connectivity index (χ0n) is 19.1. The van der Waals surface area contributed by atoms with Gasteiger partial charge in [0.1, 0.15) is 12.1 Å². The molecule has 0 bridgehead atoms. The first kappa shape index (κ1) is 20.8. The third-order valence-electron chi connectivity index (χ3n) is 7.35. The van der Waals surface area contributed by atoms with Crippen LogP contribution in [-0.4, -0.2) is 45.4 Å². The summed E-state index contributed by atoms with van der Waals surface area (Å²) in [7, 11) is 0. The molecule has 2 aliphatic rings. The van der Waals surface area contributed by atoms with E-state index in [2.05, 4.69) is 20.9 Å². The molecular weight excluding hydrogens is 426 g/mol. The van der Waals surface area contributed by atoms with Gasteiger partial charge in [-0.2, -0.15) is 0 Å². The first-order valence-electron chi connectivity index (χ1n) is 12.0. The van der Waals surface area contributed by atoms with E-state index in [1.54, 1.807) is 12.5 Å². The Hall–Kier alpha value is -3.74. The molecule has 7 nitrogen and oxygen atoms in total. The minimum atomic E-state index is -0.281. The fraction of sp³-hybridized carbons (Fsp3) is 0.333. The van der Waals surface area contributed by atoms with E-state index >= 15 is 0 Å². The lowest BCUT2D eigenvalue weighted by Crippen LogP contribution is -2.53. The number of carbonyl (C=O) groups excluding carboxylic acids is 1. The summed E-state index contributed by atoms with van der Waals surface area (Å²) in [5, 5.41) is 0.